The predicted octanol–water partition coefficient (Wildman–Crippen LogP) is 14.0. The van der Waals surface area contributed by atoms with E-state index in [0.717, 1.165) is 72.3 Å². The summed E-state index contributed by atoms with van der Waals surface area (Å²) in [5, 5.41) is 0.964. The number of furan rings is 1. The highest BCUT2D eigenvalue weighted by atomic mass is 16.3. The van der Waals surface area contributed by atoms with Crippen LogP contribution < -0.4 is 0 Å². The van der Waals surface area contributed by atoms with Gasteiger partial charge in [0.05, 0.1) is 0 Å². The molecule has 258 valence electrons. The van der Waals surface area contributed by atoms with Crippen LogP contribution in [0, 0.1) is 0 Å². The molecule has 0 aliphatic heterocycles. The molecule has 0 saturated carbocycles. The van der Waals surface area contributed by atoms with E-state index in [4.69, 9.17) is 14.4 Å². The van der Waals surface area contributed by atoms with Gasteiger partial charge in [0.1, 0.15) is 16.8 Å². The van der Waals surface area contributed by atoms with Crippen LogP contribution in [-0.4, -0.2) is 9.97 Å². The zero-order valence-corrected chi connectivity index (χ0v) is 29.9. The highest BCUT2D eigenvalue weighted by Crippen LogP contribution is 2.39. The van der Waals surface area contributed by atoms with Crippen LogP contribution in [0.25, 0.3) is 100 Å². The lowest BCUT2D eigenvalue weighted by Gasteiger charge is -2.12. The molecule has 10 rings (SSSR count). The van der Waals surface area contributed by atoms with Gasteiger partial charge < -0.3 is 4.42 Å². The van der Waals surface area contributed by atoms with Crippen LogP contribution in [-0.2, 0) is 0 Å². The van der Waals surface area contributed by atoms with Crippen molar-refractivity contribution in [2.45, 2.75) is 0 Å². The van der Waals surface area contributed by atoms with Gasteiger partial charge in [-0.05, 0) is 104 Å². The van der Waals surface area contributed by atoms with Gasteiger partial charge in [-0.3, -0.25) is 0 Å². The maximum absolute atomic E-state index is 6.58. The second kappa shape index (κ2) is 13.9. The number of para-hydroxylation sites is 1. The van der Waals surface area contributed by atoms with Gasteiger partial charge in [-0.1, -0.05) is 158 Å². The highest BCUT2D eigenvalue weighted by molar-refractivity contribution is 6.07. The fourth-order valence-corrected chi connectivity index (χ4v) is 7.50. The molecule has 0 aliphatic carbocycles. The second-order valence-corrected chi connectivity index (χ2v) is 13.8. The topological polar surface area (TPSA) is 38.9 Å². The van der Waals surface area contributed by atoms with Crippen LogP contribution in [0.1, 0.15) is 0 Å². The van der Waals surface area contributed by atoms with E-state index in [-0.39, 0.29) is 0 Å². The molecule has 55 heavy (non-hydrogen) atoms. The van der Waals surface area contributed by atoms with Crippen molar-refractivity contribution in [2.75, 3.05) is 0 Å². The van der Waals surface area contributed by atoms with Crippen molar-refractivity contribution < 1.29 is 4.42 Å². The van der Waals surface area contributed by atoms with Crippen molar-refractivity contribution in [2.24, 2.45) is 0 Å². The number of hydrogen-bond acceptors (Lipinski definition) is 3. The van der Waals surface area contributed by atoms with Crippen LogP contribution in [0.2, 0.25) is 0 Å². The number of nitrogens with zero attached hydrogens (tertiary/aromatic N) is 2. The number of rotatable bonds is 7. The minimum absolute atomic E-state index is 0.647. The summed E-state index contributed by atoms with van der Waals surface area (Å²) in [5.41, 5.74) is 16.4. The van der Waals surface area contributed by atoms with Crippen molar-refractivity contribution >= 4 is 22.1 Å². The number of fused-ring (bicyclic) bond motifs is 3. The van der Waals surface area contributed by atoms with Gasteiger partial charge in [0.15, 0.2) is 11.4 Å². The third-order valence-corrected chi connectivity index (χ3v) is 10.3. The third kappa shape index (κ3) is 6.28. The first-order chi connectivity index (χ1) is 27.2. The van der Waals surface area contributed by atoms with E-state index in [0.29, 0.717) is 11.4 Å². The Bertz CT molecular complexity index is 2910. The largest absolute Gasteiger partial charge is 0.452 e. The van der Waals surface area contributed by atoms with Crippen molar-refractivity contribution in [3.05, 3.63) is 206 Å². The Morgan fingerprint density at radius 2 is 0.673 bits per heavy atom. The monoisotopic (exact) mass is 702 g/mol. The lowest BCUT2D eigenvalue weighted by molar-refractivity contribution is 0.667. The van der Waals surface area contributed by atoms with Crippen LogP contribution >= 0.6 is 0 Å². The van der Waals surface area contributed by atoms with Gasteiger partial charge >= 0.3 is 0 Å². The zero-order chi connectivity index (χ0) is 36.6. The maximum atomic E-state index is 6.58. The zero-order valence-electron chi connectivity index (χ0n) is 29.9. The Labute approximate surface area is 319 Å². The molecule has 0 unspecified atom stereocenters. The summed E-state index contributed by atoms with van der Waals surface area (Å²) >= 11 is 0. The molecule has 10 aromatic rings. The molecule has 0 atom stereocenters. The van der Waals surface area contributed by atoms with E-state index in [1.807, 2.05) is 30.3 Å². The Hall–Kier alpha value is -7.36. The fourth-order valence-electron chi connectivity index (χ4n) is 7.50. The van der Waals surface area contributed by atoms with Gasteiger partial charge in [-0.25, -0.2) is 9.97 Å². The second-order valence-electron chi connectivity index (χ2n) is 13.8. The van der Waals surface area contributed by atoms with Gasteiger partial charge in [0.2, 0.25) is 0 Å². The molecular formula is C52H34N2O. The lowest BCUT2D eigenvalue weighted by atomic mass is 9.94. The van der Waals surface area contributed by atoms with Gasteiger partial charge in [0, 0.05) is 16.5 Å². The number of benzene rings is 8. The van der Waals surface area contributed by atoms with Crippen LogP contribution in [0.4, 0.5) is 0 Å². The molecule has 2 aromatic heterocycles. The summed E-state index contributed by atoms with van der Waals surface area (Å²) < 4.78 is 6.58. The molecule has 0 saturated heterocycles. The van der Waals surface area contributed by atoms with Crippen molar-refractivity contribution in [1.82, 2.24) is 9.97 Å². The quantitative estimate of drug-likeness (QED) is 0.166. The normalized spacial score (nSPS) is 11.3. The van der Waals surface area contributed by atoms with E-state index in [2.05, 4.69) is 176 Å². The summed E-state index contributed by atoms with van der Waals surface area (Å²) in [6.45, 7) is 0. The SMILES string of the molecule is c1ccc(-c2cccc(-c3cccc(-c4cccc(-c5nc(-c6cc(-c7ccccc7)cc(-c7ccccc7)c6)c6oc7ccccc7c6n5)c4)c3)c2)cc1. The summed E-state index contributed by atoms with van der Waals surface area (Å²) in [6, 6.07) is 72.4. The molecule has 3 heteroatoms. The number of aromatic nitrogens is 2. The maximum Gasteiger partial charge on any atom is 0.180 e. The van der Waals surface area contributed by atoms with Gasteiger partial charge in [0.25, 0.3) is 0 Å². The van der Waals surface area contributed by atoms with Crippen molar-refractivity contribution in [3.8, 4) is 78.3 Å². The predicted molar refractivity (Wildman–Crippen MR) is 227 cm³/mol. The van der Waals surface area contributed by atoms with Crippen LogP contribution in [0.15, 0.2) is 211 Å². The average molecular weight is 703 g/mol. The smallest absolute Gasteiger partial charge is 0.180 e. The minimum Gasteiger partial charge on any atom is -0.452 e. The molecule has 3 nitrogen and oxygen atoms in total. The molecule has 2 heterocycles. The third-order valence-electron chi connectivity index (χ3n) is 10.3. The molecule has 0 radical (unpaired) electrons. The fraction of sp³-hybridized carbons (Fsp3) is 0. The van der Waals surface area contributed by atoms with Crippen molar-refractivity contribution in [3.63, 3.8) is 0 Å². The molecule has 0 fully saturated rings. The Morgan fingerprint density at radius 3 is 1.22 bits per heavy atom. The van der Waals surface area contributed by atoms with Gasteiger partial charge in [-0.15, -0.1) is 0 Å². The van der Waals surface area contributed by atoms with E-state index in [1.165, 1.54) is 16.7 Å². The van der Waals surface area contributed by atoms with Crippen LogP contribution in [0.5, 0.6) is 0 Å². The van der Waals surface area contributed by atoms with Gasteiger partial charge in [-0.2, -0.15) is 0 Å². The molecule has 0 spiro atoms. The lowest BCUT2D eigenvalue weighted by Crippen LogP contribution is -1.95. The van der Waals surface area contributed by atoms with E-state index in [9.17, 15) is 0 Å². The summed E-state index contributed by atoms with van der Waals surface area (Å²) in [5.74, 6) is 0.647. The molecule has 0 N–H and O–H groups in total. The van der Waals surface area contributed by atoms with Crippen molar-refractivity contribution in [1.29, 1.82) is 0 Å². The standard InChI is InChI=1S/C52H34N2O/c1-4-15-35(16-5-1)38-21-12-22-39(29-38)40-23-13-24-41(30-40)42-25-14-26-43(31-42)52-53-49(51-50(54-52)47-27-10-11-28-48(47)55-51)46-33-44(36-17-6-2-7-18-36)32-45(34-46)37-19-8-3-9-20-37/h1-34H. The Balaban J connectivity index is 1.11. The Morgan fingerprint density at radius 1 is 0.291 bits per heavy atom. The van der Waals surface area contributed by atoms with Crippen LogP contribution in [0.3, 0.4) is 0 Å². The van der Waals surface area contributed by atoms with E-state index in [1.54, 1.807) is 0 Å². The summed E-state index contributed by atoms with van der Waals surface area (Å²) in [4.78, 5) is 10.6. The molecule has 8 aromatic carbocycles. The molecule has 0 amide bonds. The molecule has 0 aliphatic rings. The molecule has 0 bridgehead atoms. The number of hydrogen-bond donors (Lipinski definition) is 0. The molecular weight excluding hydrogens is 669 g/mol. The van der Waals surface area contributed by atoms with E-state index < -0.39 is 0 Å². The highest BCUT2D eigenvalue weighted by Gasteiger charge is 2.20. The minimum atomic E-state index is 0.647. The summed E-state index contributed by atoms with van der Waals surface area (Å²) in [6.07, 6.45) is 0. The first-order valence-electron chi connectivity index (χ1n) is 18.6. The Kier molecular flexibility index (Phi) is 8.16. The van der Waals surface area contributed by atoms with E-state index >= 15 is 0 Å². The average Bonchev–Trinajstić information content (AvgIpc) is 3.66. The summed E-state index contributed by atoms with van der Waals surface area (Å²) in [7, 11) is 0. The first kappa shape index (κ1) is 32.3. The first-order valence-corrected chi connectivity index (χ1v) is 18.6.